The van der Waals surface area contributed by atoms with E-state index in [1.165, 1.54) is 18.7 Å². The molecule has 0 fully saturated rings. The van der Waals surface area contributed by atoms with Gasteiger partial charge in [0.15, 0.2) is 0 Å². The molecule has 96 valence electrons. The number of benzene rings is 1. The van der Waals surface area contributed by atoms with Gasteiger partial charge in [-0.15, -0.1) is 11.3 Å². The minimum absolute atomic E-state index is 0.496. The van der Waals surface area contributed by atoms with Gasteiger partial charge in [0.2, 0.25) is 0 Å². The van der Waals surface area contributed by atoms with Gasteiger partial charge >= 0.3 is 0 Å². The molecule has 4 heteroatoms. The van der Waals surface area contributed by atoms with E-state index in [0.717, 1.165) is 13.0 Å². The molecule has 2 aromatic rings. The number of hydrogen-bond acceptors (Lipinski definition) is 2. The van der Waals surface area contributed by atoms with Gasteiger partial charge in [-0.1, -0.05) is 34.1 Å². The van der Waals surface area contributed by atoms with Crippen molar-refractivity contribution in [3.8, 4) is 0 Å². The topological polar surface area (TPSA) is 12.0 Å². The molecular weight excluding hydrogens is 374 g/mol. The summed E-state index contributed by atoms with van der Waals surface area (Å²) in [5, 5.41) is 3.29. The maximum atomic E-state index is 3.65. The molecule has 0 radical (unpaired) electrons. The Morgan fingerprint density at radius 3 is 2.56 bits per heavy atom. The zero-order valence-corrected chi connectivity index (χ0v) is 14.1. The van der Waals surface area contributed by atoms with Crippen molar-refractivity contribution in [1.82, 2.24) is 5.32 Å². The lowest BCUT2D eigenvalue weighted by Crippen LogP contribution is -2.19. The van der Waals surface area contributed by atoms with E-state index in [1.807, 2.05) is 18.4 Å². The van der Waals surface area contributed by atoms with Crippen molar-refractivity contribution in [2.75, 3.05) is 13.6 Å². The van der Waals surface area contributed by atoms with Crippen molar-refractivity contribution < 1.29 is 0 Å². The van der Waals surface area contributed by atoms with Crippen LogP contribution in [0.5, 0.6) is 0 Å². The van der Waals surface area contributed by atoms with E-state index in [9.17, 15) is 0 Å². The van der Waals surface area contributed by atoms with Gasteiger partial charge in [0, 0.05) is 21.8 Å². The molecule has 1 atom stereocenters. The van der Waals surface area contributed by atoms with Gasteiger partial charge in [0.1, 0.15) is 0 Å². The first kappa shape index (κ1) is 14.3. The highest BCUT2D eigenvalue weighted by atomic mass is 79.9. The summed E-state index contributed by atoms with van der Waals surface area (Å²) >= 11 is 8.99. The Labute approximate surface area is 129 Å². The van der Waals surface area contributed by atoms with Crippen molar-refractivity contribution >= 4 is 43.2 Å². The van der Waals surface area contributed by atoms with Gasteiger partial charge in [0.25, 0.3) is 0 Å². The Morgan fingerprint density at radius 1 is 1.17 bits per heavy atom. The van der Waals surface area contributed by atoms with Gasteiger partial charge in [-0.05, 0) is 53.2 Å². The molecule has 1 nitrogen and oxygen atoms in total. The lowest BCUT2D eigenvalue weighted by Gasteiger charge is -2.17. The summed E-state index contributed by atoms with van der Waals surface area (Å²) in [4.78, 5) is 1.41. The van der Waals surface area contributed by atoms with Crippen molar-refractivity contribution in [2.45, 2.75) is 12.3 Å². The fourth-order valence-electron chi connectivity index (χ4n) is 2.05. The summed E-state index contributed by atoms with van der Waals surface area (Å²) in [7, 11) is 2.01. The zero-order chi connectivity index (χ0) is 13.0. The highest BCUT2D eigenvalue weighted by Crippen LogP contribution is 2.31. The number of halogens is 2. The van der Waals surface area contributed by atoms with Crippen LogP contribution in [0.2, 0.25) is 0 Å². The molecule has 0 saturated carbocycles. The van der Waals surface area contributed by atoms with E-state index >= 15 is 0 Å². The standard InChI is InChI=1S/C14H15Br2NS/c1-17-9-10(8-11-6-7-14(16)18-11)12-4-2-3-5-13(12)15/h2-7,10,17H,8-9H2,1H3. The molecule has 1 heterocycles. The Balaban J connectivity index is 2.20. The fourth-order valence-corrected chi connectivity index (χ4v) is 4.22. The maximum Gasteiger partial charge on any atom is 0.0701 e. The van der Waals surface area contributed by atoms with E-state index in [0.29, 0.717) is 5.92 Å². The molecule has 1 aromatic heterocycles. The van der Waals surface area contributed by atoms with Crippen LogP contribution in [0, 0.1) is 0 Å². The number of thiophene rings is 1. The number of rotatable bonds is 5. The Kier molecular flexibility index (Phi) is 5.42. The van der Waals surface area contributed by atoms with Gasteiger partial charge in [0.05, 0.1) is 3.79 Å². The van der Waals surface area contributed by atoms with Crippen LogP contribution >= 0.6 is 43.2 Å². The Bertz CT molecular complexity index is 510. The monoisotopic (exact) mass is 387 g/mol. The van der Waals surface area contributed by atoms with Crippen LogP contribution in [-0.2, 0) is 6.42 Å². The van der Waals surface area contributed by atoms with Crippen LogP contribution < -0.4 is 5.32 Å². The molecule has 0 aliphatic rings. The quantitative estimate of drug-likeness (QED) is 0.774. The van der Waals surface area contributed by atoms with E-state index < -0.39 is 0 Å². The lowest BCUT2D eigenvalue weighted by atomic mass is 9.95. The Morgan fingerprint density at radius 2 is 1.94 bits per heavy atom. The van der Waals surface area contributed by atoms with E-state index in [1.54, 1.807) is 0 Å². The molecule has 0 saturated heterocycles. The molecule has 1 unspecified atom stereocenters. The predicted molar refractivity (Wildman–Crippen MR) is 86.5 cm³/mol. The van der Waals surface area contributed by atoms with E-state index in [2.05, 4.69) is 73.6 Å². The third-order valence-corrected chi connectivity index (χ3v) is 5.24. The maximum absolute atomic E-state index is 3.65. The first-order valence-electron chi connectivity index (χ1n) is 5.84. The summed E-state index contributed by atoms with van der Waals surface area (Å²) in [5.74, 6) is 0.496. The second kappa shape index (κ2) is 6.85. The second-order valence-electron chi connectivity index (χ2n) is 4.19. The Hall–Kier alpha value is -0.160. The molecular formula is C14H15Br2NS. The molecule has 0 spiro atoms. The van der Waals surface area contributed by atoms with Crippen molar-refractivity contribution in [2.24, 2.45) is 0 Å². The molecule has 0 aliphatic carbocycles. The molecule has 1 aromatic carbocycles. The largest absolute Gasteiger partial charge is 0.319 e. The normalized spacial score (nSPS) is 12.6. The third-order valence-electron chi connectivity index (χ3n) is 2.87. The summed E-state index contributed by atoms with van der Waals surface area (Å²) in [6, 6.07) is 12.8. The smallest absolute Gasteiger partial charge is 0.0701 e. The first-order valence-corrected chi connectivity index (χ1v) is 8.24. The van der Waals surface area contributed by atoms with Gasteiger partial charge in [-0.2, -0.15) is 0 Å². The second-order valence-corrected chi connectivity index (χ2v) is 7.59. The summed E-state index contributed by atoms with van der Waals surface area (Å²) in [6.07, 6.45) is 1.07. The first-order chi connectivity index (χ1) is 8.70. The van der Waals surface area contributed by atoms with Crippen molar-refractivity contribution in [3.63, 3.8) is 0 Å². The van der Waals surface area contributed by atoms with E-state index in [4.69, 9.17) is 0 Å². The number of hydrogen-bond donors (Lipinski definition) is 1. The molecule has 1 N–H and O–H groups in total. The van der Waals surface area contributed by atoms with Crippen LogP contribution in [0.3, 0.4) is 0 Å². The molecule has 2 rings (SSSR count). The minimum atomic E-state index is 0.496. The summed E-state index contributed by atoms with van der Waals surface area (Å²) in [6.45, 7) is 0.984. The lowest BCUT2D eigenvalue weighted by molar-refractivity contribution is 0.628. The van der Waals surface area contributed by atoms with Crippen molar-refractivity contribution in [3.05, 3.63) is 55.1 Å². The highest BCUT2D eigenvalue weighted by Gasteiger charge is 2.15. The highest BCUT2D eigenvalue weighted by molar-refractivity contribution is 9.11. The van der Waals surface area contributed by atoms with Crippen LogP contribution in [0.4, 0.5) is 0 Å². The number of nitrogens with one attached hydrogen (secondary N) is 1. The zero-order valence-electron chi connectivity index (χ0n) is 10.1. The fraction of sp³-hybridized carbons (Fsp3) is 0.286. The van der Waals surface area contributed by atoms with Crippen molar-refractivity contribution in [1.29, 1.82) is 0 Å². The molecule has 18 heavy (non-hydrogen) atoms. The van der Waals surface area contributed by atoms with Gasteiger partial charge < -0.3 is 5.32 Å². The average Bonchev–Trinajstić information content (AvgIpc) is 2.75. The molecule has 0 bridgehead atoms. The van der Waals surface area contributed by atoms with Crippen LogP contribution in [-0.4, -0.2) is 13.6 Å². The predicted octanol–water partition coefficient (Wildman–Crippen LogP) is 4.82. The summed E-state index contributed by atoms with van der Waals surface area (Å²) in [5.41, 5.74) is 1.37. The van der Waals surface area contributed by atoms with Crippen LogP contribution in [0.1, 0.15) is 16.4 Å². The van der Waals surface area contributed by atoms with Gasteiger partial charge in [-0.3, -0.25) is 0 Å². The molecule has 0 amide bonds. The van der Waals surface area contributed by atoms with E-state index in [-0.39, 0.29) is 0 Å². The average molecular weight is 389 g/mol. The van der Waals surface area contributed by atoms with Crippen LogP contribution in [0.25, 0.3) is 0 Å². The third kappa shape index (κ3) is 3.67. The SMILES string of the molecule is CNCC(Cc1ccc(Br)s1)c1ccccc1Br. The summed E-state index contributed by atoms with van der Waals surface area (Å²) < 4.78 is 2.40. The van der Waals surface area contributed by atoms with Crippen LogP contribution in [0.15, 0.2) is 44.7 Å². The number of likely N-dealkylation sites (N-methyl/N-ethyl adjacent to an activating group) is 1. The van der Waals surface area contributed by atoms with Gasteiger partial charge in [-0.25, -0.2) is 0 Å². The molecule has 0 aliphatic heterocycles. The minimum Gasteiger partial charge on any atom is -0.319 e.